The van der Waals surface area contributed by atoms with Crippen molar-refractivity contribution in [3.8, 4) is 11.3 Å². The summed E-state index contributed by atoms with van der Waals surface area (Å²) < 4.78 is 13.5. The monoisotopic (exact) mass is 305 g/mol. The van der Waals surface area contributed by atoms with Crippen LogP contribution >= 0.6 is 34.8 Å². The summed E-state index contributed by atoms with van der Waals surface area (Å²) in [5.74, 6) is -0.739. The van der Waals surface area contributed by atoms with Crippen molar-refractivity contribution < 1.29 is 9.50 Å². The van der Waals surface area contributed by atoms with Crippen LogP contribution < -0.4 is 0 Å². The van der Waals surface area contributed by atoms with Gasteiger partial charge < -0.3 is 5.11 Å². The molecule has 0 spiro atoms. The number of rotatable bonds is 2. The zero-order valence-corrected chi connectivity index (χ0v) is 11.2. The third kappa shape index (κ3) is 2.45. The summed E-state index contributed by atoms with van der Waals surface area (Å²) in [5, 5.41) is 9.60. The Labute approximate surface area is 118 Å². The highest BCUT2D eigenvalue weighted by atomic mass is 35.5. The van der Waals surface area contributed by atoms with Gasteiger partial charge in [0, 0.05) is 11.1 Å². The van der Waals surface area contributed by atoms with Crippen LogP contribution in [0.25, 0.3) is 11.3 Å². The molecule has 94 valence electrons. The van der Waals surface area contributed by atoms with Gasteiger partial charge >= 0.3 is 0 Å². The quantitative estimate of drug-likeness (QED) is 0.661. The molecule has 2 rings (SSSR count). The largest absolute Gasteiger partial charge is 0.392 e. The minimum Gasteiger partial charge on any atom is -0.392 e. The Kier molecular flexibility index (Phi) is 4.07. The van der Waals surface area contributed by atoms with E-state index in [4.69, 9.17) is 39.9 Å². The summed E-state index contributed by atoms with van der Waals surface area (Å²) in [5.41, 5.74) is 0.928. The molecule has 0 unspecified atom stereocenters. The van der Waals surface area contributed by atoms with Crippen molar-refractivity contribution in [3.63, 3.8) is 0 Å². The van der Waals surface area contributed by atoms with E-state index >= 15 is 0 Å². The van der Waals surface area contributed by atoms with Crippen LogP contribution in [-0.2, 0) is 6.61 Å². The van der Waals surface area contributed by atoms with E-state index in [1.807, 2.05) is 0 Å². The van der Waals surface area contributed by atoms with Gasteiger partial charge in [0.25, 0.3) is 0 Å². The normalized spacial score (nSPS) is 10.7. The van der Waals surface area contributed by atoms with Crippen molar-refractivity contribution in [2.45, 2.75) is 6.61 Å². The Balaban J connectivity index is 2.56. The van der Waals surface area contributed by atoms with Crippen LogP contribution in [0.3, 0.4) is 0 Å². The van der Waals surface area contributed by atoms with Crippen LogP contribution in [0.2, 0.25) is 15.1 Å². The average molecular weight is 307 g/mol. The molecule has 0 radical (unpaired) electrons. The number of aliphatic hydroxyl groups is 1. The van der Waals surface area contributed by atoms with Crippen molar-refractivity contribution in [1.29, 1.82) is 0 Å². The number of hydrogen-bond donors (Lipinski definition) is 1. The first-order valence-electron chi connectivity index (χ1n) is 4.94. The van der Waals surface area contributed by atoms with Crippen LogP contribution in [0.1, 0.15) is 5.56 Å². The maximum Gasteiger partial charge on any atom is 0.218 e. The van der Waals surface area contributed by atoms with Gasteiger partial charge in [-0.05, 0) is 24.3 Å². The van der Waals surface area contributed by atoms with Gasteiger partial charge in [0.2, 0.25) is 5.95 Å². The molecule has 1 N–H and O–H groups in total. The lowest BCUT2D eigenvalue weighted by Crippen LogP contribution is -1.96. The number of halogens is 4. The summed E-state index contributed by atoms with van der Waals surface area (Å²) in [6.07, 6.45) is 0. The summed E-state index contributed by atoms with van der Waals surface area (Å²) in [4.78, 5) is 3.73. The minimum absolute atomic E-state index is 0.120. The lowest BCUT2D eigenvalue weighted by Gasteiger charge is -2.08. The Bertz CT molecular complexity index is 604. The average Bonchev–Trinajstić information content (AvgIpc) is 2.36. The SMILES string of the molecule is OCc1ccc(-c2ccc(Cl)c(Cl)c2Cl)nc1F. The van der Waals surface area contributed by atoms with Crippen LogP contribution in [-0.4, -0.2) is 10.1 Å². The topological polar surface area (TPSA) is 33.1 Å². The van der Waals surface area contributed by atoms with Gasteiger partial charge in [-0.2, -0.15) is 4.39 Å². The Morgan fingerprint density at radius 2 is 1.78 bits per heavy atom. The fourth-order valence-electron chi connectivity index (χ4n) is 1.45. The standard InChI is InChI=1S/C12H7Cl3FNO/c13-8-3-2-7(10(14)11(8)15)9-4-1-6(5-18)12(16)17-9/h1-4,18H,5H2. The second-order valence-electron chi connectivity index (χ2n) is 3.53. The van der Waals surface area contributed by atoms with E-state index in [-0.39, 0.29) is 15.6 Å². The molecule has 1 aromatic heterocycles. The smallest absolute Gasteiger partial charge is 0.218 e. The van der Waals surface area contributed by atoms with E-state index in [1.54, 1.807) is 18.2 Å². The van der Waals surface area contributed by atoms with Crippen molar-refractivity contribution >= 4 is 34.8 Å². The first kappa shape index (κ1) is 13.6. The third-order valence-electron chi connectivity index (χ3n) is 2.41. The number of hydrogen-bond acceptors (Lipinski definition) is 2. The lowest BCUT2D eigenvalue weighted by molar-refractivity contribution is 0.274. The van der Waals surface area contributed by atoms with Gasteiger partial charge in [-0.3, -0.25) is 0 Å². The van der Waals surface area contributed by atoms with Gasteiger partial charge in [0.1, 0.15) is 0 Å². The van der Waals surface area contributed by atoms with Crippen molar-refractivity contribution in [3.05, 3.63) is 50.8 Å². The molecule has 2 nitrogen and oxygen atoms in total. The zero-order chi connectivity index (χ0) is 13.3. The van der Waals surface area contributed by atoms with E-state index < -0.39 is 12.6 Å². The Morgan fingerprint density at radius 3 is 2.39 bits per heavy atom. The number of aliphatic hydroxyl groups excluding tert-OH is 1. The van der Waals surface area contributed by atoms with Crippen LogP contribution in [0.15, 0.2) is 24.3 Å². The first-order chi connectivity index (χ1) is 8.54. The number of benzene rings is 1. The van der Waals surface area contributed by atoms with Crippen LogP contribution in [0.4, 0.5) is 4.39 Å². The second-order valence-corrected chi connectivity index (χ2v) is 4.69. The number of nitrogens with zero attached hydrogens (tertiary/aromatic N) is 1. The molecule has 0 aliphatic carbocycles. The zero-order valence-electron chi connectivity index (χ0n) is 8.92. The Morgan fingerprint density at radius 1 is 1.06 bits per heavy atom. The molecule has 1 heterocycles. The highest BCUT2D eigenvalue weighted by molar-refractivity contribution is 6.49. The van der Waals surface area contributed by atoms with Gasteiger partial charge in [0.05, 0.1) is 27.4 Å². The van der Waals surface area contributed by atoms with Gasteiger partial charge in [-0.1, -0.05) is 34.8 Å². The summed E-state index contributed by atoms with van der Waals surface area (Å²) >= 11 is 17.7. The predicted octanol–water partition coefficient (Wildman–Crippen LogP) is 4.34. The highest BCUT2D eigenvalue weighted by Crippen LogP contribution is 2.37. The molecule has 0 saturated heterocycles. The molecule has 0 atom stereocenters. The molecule has 0 aliphatic heterocycles. The summed E-state index contributed by atoms with van der Waals surface area (Å²) in [6, 6.07) is 6.16. The molecular weight excluding hydrogens is 299 g/mol. The molecule has 18 heavy (non-hydrogen) atoms. The second kappa shape index (κ2) is 5.41. The van der Waals surface area contributed by atoms with Crippen molar-refractivity contribution in [2.75, 3.05) is 0 Å². The van der Waals surface area contributed by atoms with Gasteiger partial charge in [-0.15, -0.1) is 0 Å². The van der Waals surface area contributed by atoms with Crippen molar-refractivity contribution in [1.82, 2.24) is 4.98 Å². The highest BCUT2D eigenvalue weighted by Gasteiger charge is 2.13. The third-order valence-corrected chi connectivity index (χ3v) is 3.70. The maximum atomic E-state index is 13.5. The first-order valence-corrected chi connectivity index (χ1v) is 6.08. The lowest BCUT2D eigenvalue weighted by atomic mass is 10.1. The Hall–Kier alpha value is -0.870. The molecule has 0 bridgehead atoms. The van der Waals surface area contributed by atoms with E-state index in [0.717, 1.165) is 0 Å². The van der Waals surface area contributed by atoms with Crippen LogP contribution in [0.5, 0.6) is 0 Å². The van der Waals surface area contributed by atoms with Gasteiger partial charge in [-0.25, -0.2) is 4.98 Å². The summed E-state index contributed by atoms with van der Waals surface area (Å²) in [6.45, 7) is -0.409. The minimum atomic E-state index is -0.739. The molecule has 2 aromatic rings. The van der Waals surface area contributed by atoms with E-state index in [0.29, 0.717) is 16.3 Å². The summed E-state index contributed by atoms with van der Waals surface area (Å²) in [7, 11) is 0. The molecule has 0 aliphatic rings. The predicted molar refractivity (Wildman–Crippen MR) is 70.6 cm³/mol. The van der Waals surface area contributed by atoms with E-state index in [9.17, 15) is 4.39 Å². The fourth-order valence-corrected chi connectivity index (χ4v) is 2.09. The molecule has 0 amide bonds. The fraction of sp³-hybridized carbons (Fsp3) is 0.0833. The molecular formula is C12H7Cl3FNO. The van der Waals surface area contributed by atoms with E-state index in [2.05, 4.69) is 4.98 Å². The number of aromatic nitrogens is 1. The maximum absolute atomic E-state index is 13.5. The molecule has 6 heteroatoms. The van der Waals surface area contributed by atoms with E-state index in [1.165, 1.54) is 6.07 Å². The van der Waals surface area contributed by atoms with Crippen LogP contribution in [0, 0.1) is 5.95 Å². The van der Waals surface area contributed by atoms with Gasteiger partial charge in [0.15, 0.2) is 0 Å². The number of pyridine rings is 1. The molecule has 0 fully saturated rings. The van der Waals surface area contributed by atoms with Crippen molar-refractivity contribution in [2.24, 2.45) is 0 Å². The molecule has 0 saturated carbocycles. The molecule has 1 aromatic carbocycles.